The average molecular weight is 951 g/mol. The normalized spacial score (nSPS) is 12.9. The van der Waals surface area contributed by atoms with Crippen LogP contribution in [-0.4, -0.2) is 12.4 Å². The zero-order valence-electron chi connectivity index (χ0n) is 27.0. The van der Waals surface area contributed by atoms with E-state index in [1.165, 1.54) is 23.0 Å². The van der Waals surface area contributed by atoms with Crippen LogP contribution in [0.15, 0.2) is 119 Å². The fraction of sp³-hybridized carbons (Fsp3) is 0.105. The van der Waals surface area contributed by atoms with E-state index in [1.54, 1.807) is 60.7 Å². The molecule has 0 saturated heterocycles. The topological polar surface area (TPSA) is 24.7 Å². The quantitative estimate of drug-likeness (QED) is 0.0935. The van der Waals surface area contributed by atoms with Crippen LogP contribution in [0.25, 0.3) is 32.7 Å². The second-order valence-corrected chi connectivity index (χ2v) is 16.5. The number of benzene rings is 6. The molecule has 17 heteroatoms. The van der Waals surface area contributed by atoms with Gasteiger partial charge in [0.15, 0.2) is 0 Å². The van der Waals surface area contributed by atoms with Crippen LogP contribution >= 0.6 is 28.5 Å². The average Bonchev–Trinajstić information content (AvgIpc) is 3.11. The fourth-order valence-corrected chi connectivity index (χ4v) is 5.75. The molecule has 0 aliphatic heterocycles. The van der Waals surface area contributed by atoms with Crippen LogP contribution in [-0.2, 0) is 35.6 Å². The SMILES string of the molecule is FC(F)(F)c1ccc(C(F)(F)F)c(C=Nc2ccc3ccccc3c2-c2c(N=Cc3cc(C(F)(F)F)ccc3C(F)(F)F)ccc3ccccc23)c1.[Br][Ni][Br]. The van der Waals surface area contributed by atoms with Crippen molar-refractivity contribution < 1.29 is 63.6 Å². The van der Waals surface area contributed by atoms with Crippen molar-refractivity contribution in [3.8, 4) is 11.1 Å². The Bertz CT molecular complexity index is 2230. The molecule has 0 aromatic heterocycles. The summed E-state index contributed by atoms with van der Waals surface area (Å²) in [6, 6.07) is 21.0. The van der Waals surface area contributed by atoms with E-state index in [2.05, 4.69) is 38.4 Å². The predicted octanol–water partition coefficient (Wildman–Crippen LogP) is 14.9. The molecule has 6 aromatic rings. The summed E-state index contributed by atoms with van der Waals surface area (Å²) in [5.41, 5.74) is -6.95. The molecule has 290 valence electrons. The van der Waals surface area contributed by atoms with Gasteiger partial charge in [0, 0.05) is 34.7 Å². The fourth-order valence-electron chi connectivity index (χ4n) is 5.75. The first-order valence-electron chi connectivity index (χ1n) is 15.2. The molecule has 0 bridgehead atoms. The zero-order valence-corrected chi connectivity index (χ0v) is 31.2. The van der Waals surface area contributed by atoms with Gasteiger partial charge in [0.05, 0.1) is 33.6 Å². The molecule has 0 atom stereocenters. The Morgan fingerprint density at radius 3 is 1.11 bits per heavy atom. The molecule has 0 radical (unpaired) electrons. The third-order valence-corrected chi connectivity index (χ3v) is 8.12. The number of nitrogens with zero attached hydrogens (tertiary/aromatic N) is 2. The van der Waals surface area contributed by atoms with Gasteiger partial charge in [0.2, 0.25) is 0 Å². The molecule has 0 spiro atoms. The Morgan fingerprint density at radius 2 is 0.782 bits per heavy atom. The number of alkyl halides is 12. The van der Waals surface area contributed by atoms with Gasteiger partial charge in [0.25, 0.3) is 0 Å². The molecule has 55 heavy (non-hydrogen) atoms. The second kappa shape index (κ2) is 16.5. The van der Waals surface area contributed by atoms with Gasteiger partial charge in [-0.1, -0.05) is 60.7 Å². The van der Waals surface area contributed by atoms with E-state index >= 15 is 0 Å². The van der Waals surface area contributed by atoms with Gasteiger partial charge in [-0.2, -0.15) is 52.7 Å². The van der Waals surface area contributed by atoms with E-state index in [0.717, 1.165) is 0 Å². The zero-order chi connectivity index (χ0) is 40.3. The Kier molecular flexibility index (Phi) is 12.6. The van der Waals surface area contributed by atoms with E-state index in [0.29, 0.717) is 70.4 Å². The standard InChI is InChI=1S/C38H20F12N2.2BrH.Ni/c39-35(40,41)25-11-13-29(37(45,46)47)23(17-25)19-51-31-15-9-21-5-1-3-7-27(21)33(31)34-28-8-4-2-6-22(28)10-16-32(34)52-20-24-18-26(36(42,43)44)12-14-30(24)38(48,49)50;;;/h1-20H;2*1H;/q;;;+2/p-2. The van der Waals surface area contributed by atoms with Crippen molar-refractivity contribution in [3.05, 3.63) is 143 Å². The molecule has 6 aromatic carbocycles. The van der Waals surface area contributed by atoms with E-state index in [4.69, 9.17) is 0 Å². The minimum atomic E-state index is -5.05. The molecule has 0 amide bonds. The molecular formula is C38H20Br2F12N2Ni. The summed E-state index contributed by atoms with van der Waals surface area (Å²) in [6.45, 7) is 0. The van der Waals surface area contributed by atoms with Crippen LogP contribution < -0.4 is 0 Å². The van der Waals surface area contributed by atoms with Crippen LogP contribution in [0.5, 0.6) is 0 Å². The number of fused-ring (bicyclic) bond motifs is 2. The van der Waals surface area contributed by atoms with Crippen molar-refractivity contribution in [3.63, 3.8) is 0 Å². The summed E-state index contributed by atoms with van der Waals surface area (Å²) < 4.78 is 165. The monoisotopic (exact) mass is 948 g/mol. The number of aliphatic imine (C=N–C) groups is 2. The van der Waals surface area contributed by atoms with Crippen molar-refractivity contribution in [2.75, 3.05) is 0 Å². The Labute approximate surface area is 324 Å². The molecule has 0 aliphatic carbocycles. The Balaban J connectivity index is 0.00000187. The Morgan fingerprint density at radius 1 is 0.436 bits per heavy atom. The van der Waals surface area contributed by atoms with Gasteiger partial charge in [-0.25, -0.2) is 0 Å². The molecule has 0 aliphatic rings. The van der Waals surface area contributed by atoms with Crippen LogP contribution in [0.3, 0.4) is 0 Å². The predicted molar refractivity (Wildman–Crippen MR) is 192 cm³/mol. The van der Waals surface area contributed by atoms with Gasteiger partial charge in [-0.15, -0.1) is 0 Å². The molecule has 6 rings (SSSR count). The molecule has 2 nitrogen and oxygen atoms in total. The third-order valence-electron chi connectivity index (χ3n) is 8.12. The van der Waals surface area contributed by atoms with E-state index in [9.17, 15) is 52.7 Å². The van der Waals surface area contributed by atoms with E-state index in [-0.39, 0.29) is 22.5 Å². The summed E-state index contributed by atoms with van der Waals surface area (Å²) in [7, 11) is 1.25. The van der Waals surface area contributed by atoms with Gasteiger partial charge < -0.3 is 0 Å². The van der Waals surface area contributed by atoms with Gasteiger partial charge in [-0.05, 0) is 70.1 Å². The van der Waals surface area contributed by atoms with E-state index < -0.39 is 58.1 Å². The van der Waals surface area contributed by atoms with Gasteiger partial charge >= 0.3 is 64.1 Å². The van der Waals surface area contributed by atoms with Crippen molar-refractivity contribution in [1.82, 2.24) is 0 Å². The van der Waals surface area contributed by atoms with Crippen molar-refractivity contribution in [2.24, 2.45) is 9.98 Å². The van der Waals surface area contributed by atoms with Gasteiger partial charge in [-0.3, -0.25) is 9.98 Å². The van der Waals surface area contributed by atoms with Crippen LogP contribution in [0.1, 0.15) is 33.4 Å². The number of hydrogen-bond acceptors (Lipinski definition) is 2. The maximum absolute atomic E-state index is 13.9. The van der Waals surface area contributed by atoms with Gasteiger partial charge in [0.1, 0.15) is 0 Å². The summed E-state index contributed by atoms with van der Waals surface area (Å²) in [5, 5.41) is 2.01. The van der Waals surface area contributed by atoms with Crippen molar-refractivity contribution in [2.45, 2.75) is 24.7 Å². The summed E-state index contributed by atoms with van der Waals surface area (Å²) in [5.74, 6) is 0. The molecule has 0 unspecified atom stereocenters. The van der Waals surface area contributed by atoms with Crippen molar-refractivity contribution >= 4 is 73.8 Å². The summed E-state index contributed by atoms with van der Waals surface area (Å²) >= 11 is 6.00. The van der Waals surface area contributed by atoms with Crippen LogP contribution in [0.4, 0.5) is 64.1 Å². The molecule has 0 N–H and O–H groups in total. The second-order valence-electron chi connectivity index (χ2n) is 11.5. The maximum atomic E-state index is 13.9. The first-order chi connectivity index (χ1) is 25.7. The summed E-state index contributed by atoms with van der Waals surface area (Å²) in [6.07, 6.45) is -18.8. The van der Waals surface area contributed by atoms with Crippen LogP contribution in [0, 0.1) is 0 Å². The molecular weight excluding hydrogens is 931 g/mol. The van der Waals surface area contributed by atoms with Crippen LogP contribution in [0.2, 0.25) is 0 Å². The third kappa shape index (κ3) is 9.79. The first kappa shape index (κ1) is 41.9. The number of rotatable bonds is 5. The molecule has 0 saturated carbocycles. The molecule has 0 fully saturated rings. The number of hydrogen-bond donors (Lipinski definition) is 0. The minimum absolute atomic E-state index is 0.0490. The van der Waals surface area contributed by atoms with Crippen molar-refractivity contribution in [1.29, 1.82) is 0 Å². The van der Waals surface area contributed by atoms with E-state index in [1.807, 2.05) is 0 Å². The summed E-state index contributed by atoms with van der Waals surface area (Å²) in [4.78, 5) is 8.47. The number of halogens is 14. The molecule has 0 heterocycles. The Hall–Kier alpha value is -4.21. The first-order valence-corrected chi connectivity index (χ1v) is 20.1.